The van der Waals surface area contributed by atoms with Crippen molar-refractivity contribution in [1.82, 2.24) is 4.90 Å². The van der Waals surface area contributed by atoms with Gasteiger partial charge in [-0.15, -0.1) is 0 Å². The molecule has 0 saturated heterocycles. The van der Waals surface area contributed by atoms with Crippen molar-refractivity contribution in [3.05, 3.63) is 0 Å². The molecule has 0 aromatic carbocycles. The molecule has 0 aliphatic carbocycles. The Kier molecular flexibility index (Phi) is 12.3. The predicted octanol–water partition coefficient (Wildman–Crippen LogP) is 1.93. The Morgan fingerprint density at radius 1 is 0.905 bits per heavy atom. The molecule has 0 aliphatic rings. The Morgan fingerprint density at radius 3 is 2.10 bits per heavy atom. The van der Waals surface area contributed by atoms with E-state index in [0.29, 0.717) is 39.0 Å². The van der Waals surface area contributed by atoms with E-state index in [1.54, 1.807) is 32.5 Å². The number of carbonyl (C=O) groups is 3. The summed E-state index contributed by atoms with van der Waals surface area (Å²) in [6.07, 6.45) is 1.45. The van der Waals surface area contributed by atoms with E-state index in [0.717, 1.165) is 18.1 Å². The lowest BCUT2D eigenvalue weighted by molar-refractivity contribution is -0.143. The molecule has 122 valence electrons. The lowest BCUT2D eigenvalue weighted by Crippen LogP contribution is -2.31. The van der Waals surface area contributed by atoms with Gasteiger partial charge in [0.05, 0.1) is 13.0 Å². The molecule has 0 aliphatic heterocycles. The number of Topliss-reactive ketones (excluding diaryl/α,β-unsaturated/α-hetero) is 2. The van der Waals surface area contributed by atoms with Gasteiger partial charge in [0.1, 0.15) is 11.6 Å². The quantitative estimate of drug-likeness (QED) is 0.382. The van der Waals surface area contributed by atoms with Crippen LogP contribution >= 0.6 is 11.8 Å². The van der Waals surface area contributed by atoms with Crippen LogP contribution in [0.4, 0.5) is 0 Å². The standard InChI is InChI=1S/C15H27NO4S/c1-4-20-15(19)6-9-16(8-5-13(2)17)10-12-21-11-7-14(3)18/h4-12H2,1-3H3. The van der Waals surface area contributed by atoms with Gasteiger partial charge in [0.15, 0.2) is 0 Å². The summed E-state index contributed by atoms with van der Waals surface area (Å²) in [5, 5.41) is 0. The minimum absolute atomic E-state index is 0.153. The van der Waals surface area contributed by atoms with Crippen LogP contribution in [0.1, 0.15) is 40.0 Å². The number of rotatable bonds is 13. The maximum absolute atomic E-state index is 11.4. The van der Waals surface area contributed by atoms with Crippen LogP contribution in [-0.4, -0.2) is 60.2 Å². The van der Waals surface area contributed by atoms with Crippen LogP contribution in [0.2, 0.25) is 0 Å². The lowest BCUT2D eigenvalue weighted by atomic mass is 10.3. The van der Waals surface area contributed by atoms with Gasteiger partial charge in [0.2, 0.25) is 0 Å². The molecule has 0 heterocycles. The third-order valence-electron chi connectivity index (χ3n) is 2.87. The van der Waals surface area contributed by atoms with Crippen LogP contribution < -0.4 is 0 Å². The third-order valence-corrected chi connectivity index (χ3v) is 3.83. The molecule has 0 saturated carbocycles. The molecule has 0 spiro atoms. The number of esters is 1. The Hall–Kier alpha value is -0.880. The van der Waals surface area contributed by atoms with E-state index in [4.69, 9.17) is 4.74 Å². The van der Waals surface area contributed by atoms with Gasteiger partial charge in [-0.1, -0.05) is 0 Å². The van der Waals surface area contributed by atoms with Crippen LogP contribution in [0.25, 0.3) is 0 Å². The fourth-order valence-electron chi connectivity index (χ4n) is 1.65. The number of hydrogen-bond acceptors (Lipinski definition) is 6. The highest BCUT2D eigenvalue weighted by Crippen LogP contribution is 2.05. The molecule has 0 aromatic rings. The molecule has 0 radical (unpaired) electrons. The second-order valence-electron chi connectivity index (χ2n) is 4.91. The van der Waals surface area contributed by atoms with Gasteiger partial charge in [-0.05, 0) is 20.8 Å². The van der Waals surface area contributed by atoms with E-state index < -0.39 is 0 Å². The van der Waals surface area contributed by atoms with Gasteiger partial charge in [-0.25, -0.2) is 0 Å². The summed E-state index contributed by atoms with van der Waals surface area (Å²) in [6, 6.07) is 0. The SMILES string of the molecule is CCOC(=O)CCN(CCSCCC(C)=O)CCC(C)=O. The smallest absolute Gasteiger partial charge is 0.307 e. The van der Waals surface area contributed by atoms with E-state index in [-0.39, 0.29) is 17.5 Å². The Morgan fingerprint density at radius 2 is 1.52 bits per heavy atom. The molecule has 0 bridgehead atoms. The van der Waals surface area contributed by atoms with Crippen LogP contribution in [-0.2, 0) is 19.1 Å². The third kappa shape index (κ3) is 13.8. The van der Waals surface area contributed by atoms with Crippen molar-refractivity contribution < 1.29 is 19.1 Å². The fourth-order valence-corrected chi connectivity index (χ4v) is 2.67. The largest absolute Gasteiger partial charge is 0.466 e. The molecular weight excluding hydrogens is 290 g/mol. The van der Waals surface area contributed by atoms with Crippen molar-refractivity contribution in [2.75, 3.05) is 37.7 Å². The van der Waals surface area contributed by atoms with E-state index in [9.17, 15) is 14.4 Å². The summed E-state index contributed by atoms with van der Waals surface area (Å²) in [7, 11) is 0. The minimum Gasteiger partial charge on any atom is -0.466 e. The minimum atomic E-state index is -0.199. The topological polar surface area (TPSA) is 63.7 Å². The Labute approximate surface area is 131 Å². The van der Waals surface area contributed by atoms with Crippen molar-refractivity contribution in [2.45, 2.75) is 40.0 Å². The molecule has 0 unspecified atom stereocenters. The van der Waals surface area contributed by atoms with Crippen molar-refractivity contribution in [3.63, 3.8) is 0 Å². The molecule has 0 aromatic heterocycles. The molecule has 0 fully saturated rings. The van der Waals surface area contributed by atoms with Crippen molar-refractivity contribution in [2.24, 2.45) is 0 Å². The van der Waals surface area contributed by atoms with Crippen LogP contribution in [0.3, 0.4) is 0 Å². The first-order valence-electron chi connectivity index (χ1n) is 7.40. The van der Waals surface area contributed by atoms with E-state index in [2.05, 4.69) is 4.90 Å². The van der Waals surface area contributed by atoms with Crippen molar-refractivity contribution >= 4 is 29.3 Å². The maximum Gasteiger partial charge on any atom is 0.307 e. The summed E-state index contributed by atoms with van der Waals surface area (Å²) in [6.45, 7) is 7.45. The van der Waals surface area contributed by atoms with E-state index in [1.807, 2.05) is 0 Å². The number of nitrogens with zero attached hydrogens (tertiary/aromatic N) is 1. The second-order valence-corrected chi connectivity index (χ2v) is 6.14. The molecule has 0 N–H and O–H groups in total. The van der Waals surface area contributed by atoms with Crippen molar-refractivity contribution in [3.8, 4) is 0 Å². The van der Waals surface area contributed by atoms with Crippen LogP contribution in [0, 0.1) is 0 Å². The highest BCUT2D eigenvalue weighted by molar-refractivity contribution is 7.99. The molecular formula is C15H27NO4S. The number of ketones is 2. The lowest BCUT2D eigenvalue weighted by Gasteiger charge is -2.21. The summed E-state index contributed by atoms with van der Waals surface area (Å²) in [5.74, 6) is 1.88. The van der Waals surface area contributed by atoms with Gasteiger partial charge in [0.25, 0.3) is 0 Å². The van der Waals surface area contributed by atoms with Crippen LogP contribution in [0.15, 0.2) is 0 Å². The molecule has 21 heavy (non-hydrogen) atoms. The average Bonchev–Trinajstić information content (AvgIpc) is 2.40. The molecule has 5 nitrogen and oxygen atoms in total. The molecule has 0 atom stereocenters. The first kappa shape index (κ1) is 20.1. The summed E-state index contributed by atoms with van der Waals surface area (Å²) in [4.78, 5) is 35.4. The number of ether oxygens (including phenoxy) is 1. The summed E-state index contributed by atoms with van der Waals surface area (Å²) >= 11 is 1.73. The Bertz CT molecular complexity index is 334. The van der Waals surface area contributed by atoms with Crippen LogP contribution in [0.5, 0.6) is 0 Å². The first-order valence-corrected chi connectivity index (χ1v) is 8.55. The summed E-state index contributed by atoms with van der Waals surface area (Å²) < 4.78 is 4.91. The number of carbonyl (C=O) groups excluding carboxylic acids is 3. The molecule has 6 heteroatoms. The highest BCUT2D eigenvalue weighted by atomic mass is 32.2. The van der Waals surface area contributed by atoms with Crippen molar-refractivity contribution in [1.29, 1.82) is 0 Å². The first-order chi connectivity index (χ1) is 9.95. The number of thioether (sulfide) groups is 1. The molecule has 0 amide bonds. The monoisotopic (exact) mass is 317 g/mol. The van der Waals surface area contributed by atoms with Gasteiger partial charge in [0, 0.05) is 44.0 Å². The Balaban J connectivity index is 3.98. The van der Waals surface area contributed by atoms with E-state index >= 15 is 0 Å². The second kappa shape index (κ2) is 12.8. The predicted molar refractivity (Wildman–Crippen MR) is 85.6 cm³/mol. The van der Waals surface area contributed by atoms with Gasteiger partial charge in [-0.3, -0.25) is 14.4 Å². The summed E-state index contributed by atoms with van der Waals surface area (Å²) in [5.41, 5.74) is 0. The van der Waals surface area contributed by atoms with Gasteiger partial charge >= 0.3 is 5.97 Å². The zero-order valence-electron chi connectivity index (χ0n) is 13.4. The number of hydrogen-bond donors (Lipinski definition) is 0. The average molecular weight is 317 g/mol. The molecule has 0 rings (SSSR count). The fraction of sp³-hybridized carbons (Fsp3) is 0.800. The zero-order valence-corrected chi connectivity index (χ0v) is 14.2. The van der Waals surface area contributed by atoms with Gasteiger partial charge < -0.3 is 9.64 Å². The van der Waals surface area contributed by atoms with E-state index in [1.165, 1.54) is 0 Å². The highest BCUT2D eigenvalue weighted by Gasteiger charge is 2.10. The van der Waals surface area contributed by atoms with Gasteiger partial charge in [-0.2, -0.15) is 11.8 Å². The normalized spacial score (nSPS) is 10.7. The maximum atomic E-state index is 11.4. The zero-order chi connectivity index (χ0) is 16.1.